The van der Waals surface area contributed by atoms with Gasteiger partial charge >= 0.3 is 0 Å². The van der Waals surface area contributed by atoms with Crippen LogP contribution in [0.2, 0.25) is 0 Å². The van der Waals surface area contributed by atoms with Crippen LogP contribution in [0.25, 0.3) is 0 Å². The number of alkyl halides is 1. The summed E-state index contributed by atoms with van der Waals surface area (Å²) in [6, 6.07) is 3.48. The summed E-state index contributed by atoms with van der Waals surface area (Å²) in [6.45, 7) is 2.07. The zero-order valence-corrected chi connectivity index (χ0v) is 11.0. The maximum absolute atomic E-state index is 11.9. The first kappa shape index (κ1) is 13.5. The van der Waals surface area contributed by atoms with Gasteiger partial charge in [-0.1, -0.05) is 6.92 Å². The molecule has 1 unspecified atom stereocenters. The molecular formula is C10H16ClNO3S. The minimum absolute atomic E-state index is 0.0503. The highest BCUT2D eigenvalue weighted by Crippen LogP contribution is 2.11. The first-order valence-electron chi connectivity index (χ1n) is 4.98. The Kier molecular flexibility index (Phi) is 4.83. The fraction of sp³-hybridized carbons (Fsp3) is 0.600. The summed E-state index contributed by atoms with van der Waals surface area (Å²) in [5, 5.41) is 0. The van der Waals surface area contributed by atoms with E-state index in [4.69, 9.17) is 16.0 Å². The molecule has 1 rings (SSSR count). The molecule has 0 radical (unpaired) electrons. The summed E-state index contributed by atoms with van der Waals surface area (Å²) in [5.41, 5.74) is 0. The van der Waals surface area contributed by atoms with E-state index in [0.29, 0.717) is 11.6 Å². The molecule has 16 heavy (non-hydrogen) atoms. The van der Waals surface area contributed by atoms with Crippen molar-refractivity contribution in [3.05, 3.63) is 24.2 Å². The van der Waals surface area contributed by atoms with E-state index >= 15 is 0 Å². The highest BCUT2D eigenvalue weighted by atomic mass is 35.5. The summed E-state index contributed by atoms with van der Waals surface area (Å²) in [5.74, 6) is 0.983. The van der Waals surface area contributed by atoms with E-state index < -0.39 is 10.0 Å². The molecule has 1 atom stereocenters. The van der Waals surface area contributed by atoms with Crippen molar-refractivity contribution in [2.75, 3.05) is 18.7 Å². The van der Waals surface area contributed by atoms with Crippen molar-refractivity contribution in [2.45, 2.75) is 13.5 Å². The van der Waals surface area contributed by atoms with Gasteiger partial charge in [0.05, 0.1) is 18.6 Å². The molecule has 0 saturated carbocycles. The fourth-order valence-corrected chi connectivity index (χ4v) is 2.91. The van der Waals surface area contributed by atoms with E-state index in [1.165, 1.54) is 10.6 Å². The molecule has 0 aliphatic heterocycles. The van der Waals surface area contributed by atoms with Crippen molar-refractivity contribution in [1.82, 2.24) is 4.31 Å². The number of hydrogen-bond donors (Lipinski definition) is 0. The van der Waals surface area contributed by atoms with Crippen molar-refractivity contribution in [3.8, 4) is 0 Å². The number of hydrogen-bond acceptors (Lipinski definition) is 3. The molecule has 0 aliphatic carbocycles. The molecule has 0 fully saturated rings. The second-order valence-corrected chi connectivity index (χ2v) is 6.30. The zero-order chi connectivity index (χ0) is 12.2. The maximum atomic E-state index is 11.9. The normalized spacial score (nSPS) is 14.2. The fourth-order valence-electron chi connectivity index (χ4n) is 1.25. The van der Waals surface area contributed by atoms with Crippen LogP contribution < -0.4 is 0 Å². The quantitative estimate of drug-likeness (QED) is 0.739. The average molecular weight is 266 g/mol. The predicted octanol–water partition coefficient (Wildman–Crippen LogP) is 1.92. The van der Waals surface area contributed by atoms with Gasteiger partial charge in [0.2, 0.25) is 10.0 Å². The van der Waals surface area contributed by atoms with Crippen molar-refractivity contribution >= 4 is 21.6 Å². The first-order valence-corrected chi connectivity index (χ1v) is 7.12. The van der Waals surface area contributed by atoms with Crippen LogP contribution in [0, 0.1) is 5.92 Å². The van der Waals surface area contributed by atoms with E-state index in [9.17, 15) is 8.42 Å². The molecule has 0 spiro atoms. The molecule has 1 heterocycles. The topological polar surface area (TPSA) is 50.5 Å². The molecule has 4 nitrogen and oxygen atoms in total. The molecular weight excluding hydrogens is 250 g/mol. The van der Waals surface area contributed by atoms with E-state index in [1.54, 1.807) is 19.2 Å². The molecule has 0 amide bonds. The standard InChI is InChI=1S/C10H16ClNO3S/c1-9(6-11)8-16(13,14)12(2)7-10-4-3-5-15-10/h3-5,9H,6-8H2,1-2H3. The van der Waals surface area contributed by atoms with Gasteiger partial charge < -0.3 is 4.42 Å². The molecule has 0 saturated heterocycles. The molecule has 92 valence electrons. The van der Waals surface area contributed by atoms with Crippen LogP contribution in [-0.4, -0.2) is 31.4 Å². The molecule has 6 heteroatoms. The summed E-state index contributed by atoms with van der Waals surface area (Å²) in [6.07, 6.45) is 1.52. The molecule has 0 aliphatic rings. The van der Waals surface area contributed by atoms with Crippen LogP contribution in [0.3, 0.4) is 0 Å². The summed E-state index contributed by atoms with van der Waals surface area (Å²) in [7, 11) is -1.72. The largest absolute Gasteiger partial charge is 0.468 e. The monoisotopic (exact) mass is 265 g/mol. The molecule has 0 bridgehead atoms. The van der Waals surface area contributed by atoms with E-state index in [1.807, 2.05) is 6.92 Å². The first-order chi connectivity index (χ1) is 7.45. The van der Waals surface area contributed by atoms with Crippen molar-refractivity contribution in [1.29, 1.82) is 0 Å². The van der Waals surface area contributed by atoms with Crippen LogP contribution in [0.15, 0.2) is 22.8 Å². The van der Waals surface area contributed by atoms with Gasteiger partial charge in [0.15, 0.2) is 0 Å². The van der Waals surface area contributed by atoms with Gasteiger partial charge in [-0.25, -0.2) is 8.42 Å². The Bertz CT molecular complexity index is 402. The van der Waals surface area contributed by atoms with Crippen molar-refractivity contribution < 1.29 is 12.8 Å². The van der Waals surface area contributed by atoms with E-state index in [2.05, 4.69) is 0 Å². The number of halogens is 1. The Balaban J connectivity index is 2.62. The lowest BCUT2D eigenvalue weighted by molar-refractivity contribution is 0.403. The lowest BCUT2D eigenvalue weighted by Crippen LogP contribution is -2.31. The van der Waals surface area contributed by atoms with Gasteiger partial charge in [-0.15, -0.1) is 11.6 Å². The van der Waals surface area contributed by atoms with Crippen LogP contribution in [0.1, 0.15) is 12.7 Å². The zero-order valence-electron chi connectivity index (χ0n) is 9.39. The van der Waals surface area contributed by atoms with Crippen molar-refractivity contribution in [3.63, 3.8) is 0 Å². The SMILES string of the molecule is CC(CCl)CS(=O)(=O)N(C)Cc1ccco1. The Morgan fingerprint density at radius 3 is 2.75 bits per heavy atom. The predicted molar refractivity (Wildman–Crippen MR) is 63.8 cm³/mol. The number of rotatable bonds is 6. The second-order valence-electron chi connectivity index (χ2n) is 3.87. The Hall–Kier alpha value is -0.520. The van der Waals surface area contributed by atoms with Crippen LogP contribution in [-0.2, 0) is 16.6 Å². The van der Waals surface area contributed by atoms with Crippen molar-refractivity contribution in [2.24, 2.45) is 5.92 Å². The summed E-state index contributed by atoms with van der Waals surface area (Å²) in [4.78, 5) is 0. The van der Waals surface area contributed by atoms with Gasteiger partial charge in [0.1, 0.15) is 5.76 Å². The number of sulfonamides is 1. The third-order valence-electron chi connectivity index (χ3n) is 2.19. The smallest absolute Gasteiger partial charge is 0.214 e. The van der Waals surface area contributed by atoms with Gasteiger partial charge in [0.25, 0.3) is 0 Å². The lowest BCUT2D eigenvalue weighted by atomic mass is 10.3. The van der Waals surface area contributed by atoms with Crippen LogP contribution >= 0.6 is 11.6 Å². The van der Waals surface area contributed by atoms with Gasteiger partial charge in [-0.2, -0.15) is 4.31 Å². The second kappa shape index (κ2) is 5.70. The van der Waals surface area contributed by atoms with E-state index in [-0.39, 0.29) is 18.2 Å². The molecule has 0 aromatic carbocycles. The van der Waals surface area contributed by atoms with Crippen LogP contribution in [0.5, 0.6) is 0 Å². The Morgan fingerprint density at radius 1 is 1.56 bits per heavy atom. The molecule has 1 aromatic rings. The molecule has 0 N–H and O–H groups in total. The van der Waals surface area contributed by atoms with Crippen LogP contribution in [0.4, 0.5) is 0 Å². The minimum atomic E-state index is -3.26. The van der Waals surface area contributed by atoms with E-state index in [0.717, 1.165) is 0 Å². The van der Waals surface area contributed by atoms with Gasteiger partial charge in [-0.05, 0) is 18.1 Å². The summed E-state index contributed by atoms with van der Waals surface area (Å²) < 4.78 is 30.1. The number of furan rings is 1. The van der Waals surface area contributed by atoms with Gasteiger partial charge in [0, 0.05) is 12.9 Å². The Morgan fingerprint density at radius 2 is 2.25 bits per heavy atom. The summed E-state index contributed by atoms with van der Waals surface area (Å²) >= 11 is 5.60. The third-order valence-corrected chi connectivity index (χ3v) is 4.79. The lowest BCUT2D eigenvalue weighted by Gasteiger charge is -2.17. The average Bonchev–Trinajstić information content (AvgIpc) is 2.69. The highest BCUT2D eigenvalue weighted by molar-refractivity contribution is 7.89. The number of nitrogens with zero attached hydrogens (tertiary/aromatic N) is 1. The third kappa shape index (κ3) is 3.81. The minimum Gasteiger partial charge on any atom is -0.468 e. The van der Waals surface area contributed by atoms with Gasteiger partial charge in [-0.3, -0.25) is 0 Å². The highest BCUT2D eigenvalue weighted by Gasteiger charge is 2.21. The molecule has 1 aromatic heterocycles. The Labute approximate surface area is 101 Å². The maximum Gasteiger partial charge on any atom is 0.214 e.